The lowest BCUT2D eigenvalue weighted by molar-refractivity contribution is 0.913. The molecule has 1 aromatic carbocycles. The first kappa shape index (κ1) is 15.5. The summed E-state index contributed by atoms with van der Waals surface area (Å²) < 4.78 is 0. The first-order chi connectivity index (χ1) is 12.2. The molecular weight excluding hydrogens is 304 g/mol. The van der Waals surface area contributed by atoms with E-state index in [1.807, 2.05) is 24.5 Å². The lowest BCUT2D eigenvalue weighted by Crippen LogP contribution is -1.97. The van der Waals surface area contributed by atoms with Crippen molar-refractivity contribution in [2.24, 2.45) is 0 Å². The lowest BCUT2D eigenvalue weighted by Gasteiger charge is -2.12. The van der Waals surface area contributed by atoms with E-state index in [0.717, 1.165) is 40.9 Å². The van der Waals surface area contributed by atoms with E-state index in [9.17, 15) is 0 Å². The number of hydrogen-bond acceptors (Lipinski definition) is 2. The molecule has 4 rings (SSSR count). The summed E-state index contributed by atoms with van der Waals surface area (Å²) in [5.41, 5.74) is 9.14. The van der Waals surface area contributed by atoms with Gasteiger partial charge in [0.15, 0.2) is 0 Å². The predicted octanol–water partition coefficient (Wildman–Crippen LogP) is 5.12. The summed E-state index contributed by atoms with van der Waals surface area (Å²) in [5, 5.41) is 0. The van der Waals surface area contributed by atoms with Crippen LogP contribution in [0.25, 0.3) is 17.7 Å². The molecule has 1 aliphatic rings. The van der Waals surface area contributed by atoms with Gasteiger partial charge in [-0.1, -0.05) is 36.9 Å². The second-order valence-electron chi connectivity index (χ2n) is 6.50. The Labute approximate surface area is 148 Å². The minimum Gasteiger partial charge on any atom is -0.261 e. The molecule has 2 nitrogen and oxygen atoms in total. The van der Waals surface area contributed by atoms with E-state index in [1.54, 1.807) is 0 Å². The van der Waals surface area contributed by atoms with Crippen molar-refractivity contribution >= 4 is 17.7 Å². The van der Waals surface area contributed by atoms with Crippen LogP contribution in [-0.4, -0.2) is 9.97 Å². The van der Waals surface area contributed by atoms with Crippen LogP contribution in [0.4, 0.5) is 0 Å². The Balaban J connectivity index is 1.66. The molecule has 0 saturated heterocycles. The fourth-order valence-electron chi connectivity index (χ4n) is 3.25. The quantitative estimate of drug-likeness (QED) is 0.523. The Hall–Kier alpha value is -3.00. The summed E-state index contributed by atoms with van der Waals surface area (Å²) in [5.74, 6) is 0. The molecule has 0 unspecified atom stereocenters. The van der Waals surface area contributed by atoms with Crippen LogP contribution in [-0.2, 0) is 12.8 Å². The number of aromatic nitrogens is 2. The van der Waals surface area contributed by atoms with Gasteiger partial charge >= 0.3 is 0 Å². The van der Waals surface area contributed by atoms with E-state index >= 15 is 0 Å². The number of pyridine rings is 2. The van der Waals surface area contributed by atoms with E-state index in [-0.39, 0.29) is 0 Å². The molecule has 2 heterocycles. The third kappa shape index (κ3) is 3.16. The monoisotopic (exact) mass is 324 g/mol. The standard InChI is InChI=1S/C23H20N2/c1-16-13-22-17(2)21-14-18(7-10-20-5-3-4-12-24-20)6-8-19(21)9-11-23(22)25-15-16/h3-6,8-9,11-15H,2,7,10H2,1H3. The Morgan fingerprint density at radius 1 is 0.920 bits per heavy atom. The van der Waals surface area contributed by atoms with Gasteiger partial charge in [-0.15, -0.1) is 0 Å². The molecule has 0 saturated carbocycles. The van der Waals surface area contributed by atoms with Crippen LogP contribution in [0.5, 0.6) is 0 Å². The molecule has 0 N–H and O–H groups in total. The molecular formula is C23H20N2. The minimum atomic E-state index is 0.944. The second-order valence-corrected chi connectivity index (χ2v) is 6.50. The Bertz CT molecular complexity index is 969. The summed E-state index contributed by atoms with van der Waals surface area (Å²) in [7, 11) is 0. The average Bonchev–Trinajstić information content (AvgIpc) is 2.78. The maximum atomic E-state index is 4.55. The SMILES string of the molecule is C=C1c2cc(CCc3ccccn3)ccc2C=Cc2ncc(C)cc21. The van der Waals surface area contributed by atoms with Crippen LogP contribution in [0, 0.1) is 6.92 Å². The smallest absolute Gasteiger partial charge is 0.0708 e. The van der Waals surface area contributed by atoms with Crippen molar-refractivity contribution in [3.05, 3.63) is 101 Å². The van der Waals surface area contributed by atoms with Crippen molar-refractivity contribution in [2.45, 2.75) is 19.8 Å². The predicted molar refractivity (Wildman–Crippen MR) is 104 cm³/mol. The highest BCUT2D eigenvalue weighted by Crippen LogP contribution is 2.33. The highest BCUT2D eigenvalue weighted by Gasteiger charge is 2.15. The van der Waals surface area contributed by atoms with Gasteiger partial charge < -0.3 is 0 Å². The van der Waals surface area contributed by atoms with E-state index in [0.29, 0.717) is 0 Å². The lowest BCUT2D eigenvalue weighted by atomic mass is 9.93. The molecule has 0 amide bonds. The van der Waals surface area contributed by atoms with Gasteiger partial charge in [-0.05, 0) is 71.9 Å². The van der Waals surface area contributed by atoms with Gasteiger partial charge in [0.05, 0.1) is 5.69 Å². The van der Waals surface area contributed by atoms with Crippen LogP contribution in [0.1, 0.15) is 39.2 Å². The molecule has 1 aliphatic carbocycles. The molecule has 2 heteroatoms. The molecule has 2 aromatic heterocycles. The van der Waals surface area contributed by atoms with Gasteiger partial charge in [0.2, 0.25) is 0 Å². The second kappa shape index (κ2) is 6.48. The molecule has 0 fully saturated rings. The number of fused-ring (bicyclic) bond motifs is 2. The number of nitrogens with zero attached hydrogens (tertiary/aromatic N) is 2. The normalized spacial score (nSPS) is 12.4. The molecule has 25 heavy (non-hydrogen) atoms. The topological polar surface area (TPSA) is 25.8 Å². The van der Waals surface area contributed by atoms with Crippen LogP contribution in [0.3, 0.4) is 0 Å². The molecule has 0 spiro atoms. The van der Waals surface area contributed by atoms with Gasteiger partial charge in [-0.2, -0.15) is 0 Å². The average molecular weight is 324 g/mol. The van der Waals surface area contributed by atoms with Crippen molar-refractivity contribution < 1.29 is 0 Å². The molecule has 3 aromatic rings. The van der Waals surface area contributed by atoms with Crippen molar-refractivity contribution in [3.8, 4) is 0 Å². The van der Waals surface area contributed by atoms with E-state index in [4.69, 9.17) is 0 Å². The van der Waals surface area contributed by atoms with Gasteiger partial charge in [-0.3, -0.25) is 9.97 Å². The third-order valence-corrected chi connectivity index (χ3v) is 4.64. The molecule has 0 bridgehead atoms. The fourth-order valence-corrected chi connectivity index (χ4v) is 3.25. The van der Waals surface area contributed by atoms with Crippen LogP contribution >= 0.6 is 0 Å². The number of rotatable bonds is 3. The summed E-state index contributed by atoms with van der Waals surface area (Å²) in [4.78, 5) is 8.97. The van der Waals surface area contributed by atoms with Crippen molar-refractivity contribution in [3.63, 3.8) is 0 Å². The molecule has 0 atom stereocenters. The van der Waals surface area contributed by atoms with E-state index in [2.05, 4.69) is 66.0 Å². The summed E-state index contributed by atoms with van der Waals surface area (Å²) in [6, 6.07) is 14.9. The van der Waals surface area contributed by atoms with Crippen LogP contribution in [0.15, 0.2) is 61.4 Å². The highest BCUT2D eigenvalue weighted by molar-refractivity contribution is 5.92. The van der Waals surface area contributed by atoms with Gasteiger partial charge in [-0.25, -0.2) is 0 Å². The first-order valence-corrected chi connectivity index (χ1v) is 8.58. The van der Waals surface area contributed by atoms with Gasteiger partial charge in [0.1, 0.15) is 0 Å². The summed E-state index contributed by atoms with van der Waals surface area (Å²) in [6.45, 7) is 6.43. The van der Waals surface area contributed by atoms with Gasteiger partial charge in [0.25, 0.3) is 0 Å². The summed E-state index contributed by atoms with van der Waals surface area (Å²) >= 11 is 0. The highest BCUT2D eigenvalue weighted by atomic mass is 14.7. The van der Waals surface area contributed by atoms with Crippen LogP contribution in [0.2, 0.25) is 0 Å². The van der Waals surface area contributed by atoms with Crippen molar-refractivity contribution in [1.82, 2.24) is 9.97 Å². The van der Waals surface area contributed by atoms with Crippen molar-refractivity contribution in [2.75, 3.05) is 0 Å². The molecule has 0 radical (unpaired) electrons. The van der Waals surface area contributed by atoms with E-state index in [1.165, 1.54) is 16.7 Å². The van der Waals surface area contributed by atoms with Crippen molar-refractivity contribution in [1.29, 1.82) is 0 Å². The first-order valence-electron chi connectivity index (χ1n) is 8.58. The number of benzene rings is 1. The summed E-state index contributed by atoms with van der Waals surface area (Å²) in [6.07, 6.45) is 9.89. The zero-order chi connectivity index (χ0) is 17.2. The minimum absolute atomic E-state index is 0.944. The molecule has 0 aliphatic heterocycles. The largest absolute Gasteiger partial charge is 0.261 e. The number of aryl methyl sites for hydroxylation is 3. The van der Waals surface area contributed by atoms with Gasteiger partial charge in [0, 0.05) is 23.7 Å². The Morgan fingerprint density at radius 2 is 1.84 bits per heavy atom. The third-order valence-electron chi connectivity index (χ3n) is 4.64. The Morgan fingerprint density at radius 3 is 2.68 bits per heavy atom. The fraction of sp³-hybridized carbons (Fsp3) is 0.130. The van der Waals surface area contributed by atoms with E-state index < -0.39 is 0 Å². The maximum Gasteiger partial charge on any atom is 0.0708 e. The maximum absolute atomic E-state index is 4.55. The zero-order valence-electron chi connectivity index (χ0n) is 14.4. The molecule has 122 valence electrons. The Kier molecular flexibility index (Phi) is 4.02. The number of hydrogen-bond donors (Lipinski definition) is 0. The zero-order valence-corrected chi connectivity index (χ0v) is 14.4. The van der Waals surface area contributed by atoms with Crippen LogP contribution < -0.4 is 0 Å².